The molecule has 1 aliphatic heterocycles. The van der Waals surface area contributed by atoms with E-state index in [9.17, 15) is 4.79 Å². The second kappa shape index (κ2) is 5.94. The van der Waals surface area contributed by atoms with E-state index in [1.54, 1.807) is 12.1 Å². The van der Waals surface area contributed by atoms with Gasteiger partial charge in [-0.2, -0.15) is 5.26 Å². The minimum absolute atomic E-state index is 0.0475. The third kappa shape index (κ3) is 2.72. The van der Waals surface area contributed by atoms with Crippen molar-refractivity contribution in [1.29, 1.82) is 5.26 Å². The molecule has 0 spiro atoms. The van der Waals surface area contributed by atoms with Gasteiger partial charge >= 0.3 is 0 Å². The van der Waals surface area contributed by atoms with Crippen molar-refractivity contribution in [2.24, 2.45) is 11.8 Å². The fourth-order valence-electron chi connectivity index (χ4n) is 2.89. The van der Waals surface area contributed by atoms with Gasteiger partial charge in [-0.25, -0.2) is 0 Å². The minimum Gasteiger partial charge on any atom is -0.379 e. The van der Waals surface area contributed by atoms with Crippen molar-refractivity contribution >= 4 is 17.2 Å². The van der Waals surface area contributed by atoms with E-state index in [1.807, 2.05) is 4.90 Å². The van der Waals surface area contributed by atoms with E-state index in [0.717, 1.165) is 19.1 Å². The second-order valence-corrected chi connectivity index (χ2v) is 6.64. The van der Waals surface area contributed by atoms with Crippen molar-refractivity contribution < 1.29 is 9.53 Å². The highest BCUT2D eigenvalue weighted by molar-refractivity contribution is 7.14. The maximum atomic E-state index is 12.5. The molecule has 106 valence electrons. The Bertz CT molecular complexity index is 530. The average Bonchev–Trinajstić information content (AvgIpc) is 2.76. The van der Waals surface area contributed by atoms with Crippen molar-refractivity contribution in [2.45, 2.75) is 19.3 Å². The topological polar surface area (TPSA) is 53.3 Å². The molecule has 1 unspecified atom stereocenters. The molecule has 1 saturated carbocycles. The number of ether oxygens (including phenoxy) is 1. The van der Waals surface area contributed by atoms with Crippen LogP contribution in [0.2, 0.25) is 0 Å². The van der Waals surface area contributed by atoms with Crippen LogP contribution >= 0.6 is 11.3 Å². The Hall–Kier alpha value is -1.38. The number of nitriles is 1. The van der Waals surface area contributed by atoms with Crippen LogP contribution in [0.15, 0.2) is 12.1 Å². The summed E-state index contributed by atoms with van der Waals surface area (Å²) in [6.07, 6.45) is 3.85. The molecule has 1 amide bonds. The van der Waals surface area contributed by atoms with Crippen LogP contribution in [-0.4, -0.2) is 37.1 Å². The van der Waals surface area contributed by atoms with Crippen LogP contribution in [-0.2, 0) is 4.74 Å². The number of thiophene rings is 1. The zero-order valence-corrected chi connectivity index (χ0v) is 12.2. The lowest BCUT2D eigenvalue weighted by molar-refractivity contribution is 0.0691. The van der Waals surface area contributed by atoms with Gasteiger partial charge in [-0.1, -0.05) is 19.3 Å². The monoisotopic (exact) mass is 290 g/mol. The molecular formula is C15H18N2O2S. The molecule has 1 aromatic heterocycles. The minimum atomic E-state index is 0.0475. The van der Waals surface area contributed by atoms with Gasteiger partial charge in [0.05, 0.1) is 18.1 Å². The Morgan fingerprint density at radius 3 is 2.90 bits per heavy atom. The van der Waals surface area contributed by atoms with Gasteiger partial charge in [-0.3, -0.25) is 4.79 Å². The smallest absolute Gasteiger partial charge is 0.264 e. The Balaban J connectivity index is 1.70. The molecule has 2 fully saturated rings. The summed E-state index contributed by atoms with van der Waals surface area (Å²) in [5.41, 5.74) is 0. The van der Waals surface area contributed by atoms with E-state index in [-0.39, 0.29) is 5.91 Å². The van der Waals surface area contributed by atoms with E-state index in [4.69, 9.17) is 10.00 Å². The van der Waals surface area contributed by atoms with E-state index >= 15 is 0 Å². The molecule has 20 heavy (non-hydrogen) atoms. The molecule has 4 nitrogen and oxygen atoms in total. The molecule has 2 heterocycles. The van der Waals surface area contributed by atoms with Gasteiger partial charge in [0.15, 0.2) is 0 Å². The first kappa shape index (κ1) is 13.6. The molecule has 1 aliphatic carbocycles. The van der Waals surface area contributed by atoms with Gasteiger partial charge in [0.2, 0.25) is 0 Å². The number of hydrogen-bond acceptors (Lipinski definition) is 4. The predicted molar refractivity (Wildman–Crippen MR) is 76.6 cm³/mol. The van der Waals surface area contributed by atoms with Crippen LogP contribution < -0.4 is 0 Å². The maximum Gasteiger partial charge on any atom is 0.264 e. The number of carbonyl (C=O) groups excluding carboxylic acids is 1. The molecule has 1 atom stereocenters. The summed E-state index contributed by atoms with van der Waals surface area (Å²) in [4.78, 5) is 15.7. The Morgan fingerprint density at radius 1 is 1.40 bits per heavy atom. The first-order valence-electron chi connectivity index (χ1n) is 7.15. The highest BCUT2D eigenvalue weighted by Gasteiger charge is 2.32. The van der Waals surface area contributed by atoms with Crippen molar-refractivity contribution in [1.82, 2.24) is 4.90 Å². The Kier molecular flexibility index (Phi) is 4.04. The van der Waals surface area contributed by atoms with Gasteiger partial charge in [0.1, 0.15) is 10.9 Å². The van der Waals surface area contributed by atoms with E-state index in [2.05, 4.69) is 6.07 Å². The van der Waals surface area contributed by atoms with Crippen LogP contribution in [0, 0.1) is 23.2 Å². The first-order chi connectivity index (χ1) is 9.78. The van der Waals surface area contributed by atoms with Crippen LogP contribution in [0.3, 0.4) is 0 Å². The third-order valence-electron chi connectivity index (χ3n) is 4.32. The molecule has 0 aromatic carbocycles. The predicted octanol–water partition coefficient (Wildman–Crippen LogP) is 2.51. The lowest BCUT2D eigenvalue weighted by Crippen LogP contribution is -2.39. The summed E-state index contributed by atoms with van der Waals surface area (Å²) in [6.45, 7) is 2.85. The molecule has 0 N–H and O–H groups in total. The van der Waals surface area contributed by atoms with Crippen molar-refractivity contribution in [2.75, 3.05) is 26.3 Å². The Labute approximate surface area is 123 Å². The average molecular weight is 290 g/mol. The zero-order chi connectivity index (χ0) is 13.9. The lowest BCUT2D eigenvalue weighted by atomic mass is 9.76. The lowest BCUT2D eigenvalue weighted by Gasteiger charge is -2.34. The van der Waals surface area contributed by atoms with E-state index in [0.29, 0.717) is 28.8 Å². The number of carbonyl (C=O) groups is 1. The van der Waals surface area contributed by atoms with Gasteiger partial charge in [-0.15, -0.1) is 11.3 Å². The molecule has 1 saturated heterocycles. The van der Waals surface area contributed by atoms with Crippen LogP contribution in [0.1, 0.15) is 33.8 Å². The molecule has 2 aliphatic rings. The first-order valence-corrected chi connectivity index (χ1v) is 7.96. The van der Waals surface area contributed by atoms with Crippen LogP contribution in [0.4, 0.5) is 0 Å². The summed E-state index contributed by atoms with van der Waals surface area (Å²) in [5, 5.41) is 8.86. The highest BCUT2D eigenvalue weighted by Crippen LogP contribution is 2.35. The number of hydrogen-bond donors (Lipinski definition) is 0. The molecule has 3 rings (SSSR count). The van der Waals surface area contributed by atoms with Crippen LogP contribution in [0.5, 0.6) is 0 Å². The number of amides is 1. The maximum absolute atomic E-state index is 12.5. The van der Waals surface area contributed by atoms with E-state index < -0.39 is 0 Å². The van der Waals surface area contributed by atoms with E-state index in [1.165, 1.54) is 30.6 Å². The highest BCUT2D eigenvalue weighted by atomic mass is 32.1. The van der Waals surface area contributed by atoms with Crippen LogP contribution in [0.25, 0.3) is 0 Å². The standard InChI is InChI=1S/C15H18N2O2S/c16-8-13-4-5-14(20-13)15(18)17-6-7-19-10-12(9-17)11-2-1-3-11/h4-5,11-12H,1-3,6-7,9-10H2. The molecule has 1 aromatic rings. The summed E-state index contributed by atoms with van der Waals surface area (Å²) >= 11 is 1.28. The zero-order valence-electron chi connectivity index (χ0n) is 11.4. The molecule has 0 radical (unpaired) electrons. The third-order valence-corrected chi connectivity index (χ3v) is 5.30. The fraction of sp³-hybridized carbons (Fsp3) is 0.600. The van der Waals surface area contributed by atoms with Gasteiger partial charge in [-0.05, 0) is 18.1 Å². The molecular weight excluding hydrogens is 272 g/mol. The van der Waals surface area contributed by atoms with Gasteiger partial charge < -0.3 is 9.64 Å². The Morgan fingerprint density at radius 2 is 2.25 bits per heavy atom. The molecule has 5 heteroatoms. The van der Waals surface area contributed by atoms with Crippen molar-refractivity contribution in [3.8, 4) is 6.07 Å². The fourth-order valence-corrected chi connectivity index (χ4v) is 3.66. The number of nitrogens with zero attached hydrogens (tertiary/aromatic N) is 2. The summed E-state index contributed by atoms with van der Waals surface area (Å²) in [6, 6.07) is 5.56. The molecule has 0 bridgehead atoms. The van der Waals surface area contributed by atoms with Crippen molar-refractivity contribution in [3.63, 3.8) is 0 Å². The van der Waals surface area contributed by atoms with Crippen molar-refractivity contribution in [3.05, 3.63) is 21.9 Å². The summed E-state index contributed by atoms with van der Waals surface area (Å²) < 4.78 is 5.66. The quantitative estimate of drug-likeness (QED) is 0.841. The second-order valence-electron chi connectivity index (χ2n) is 5.55. The largest absolute Gasteiger partial charge is 0.379 e. The van der Waals surface area contributed by atoms with Gasteiger partial charge in [0.25, 0.3) is 5.91 Å². The normalized spacial score (nSPS) is 23.8. The summed E-state index contributed by atoms with van der Waals surface area (Å²) in [7, 11) is 0. The van der Waals surface area contributed by atoms with Gasteiger partial charge in [0, 0.05) is 19.0 Å². The SMILES string of the molecule is N#Cc1ccc(C(=O)N2CCOCC(C3CCC3)C2)s1. The summed E-state index contributed by atoms with van der Waals surface area (Å²) in [5.74, 6) is 1.25. The number of rotatable bonds is 2.